The Bertz CT molecular complexity index is 1080. The minimum absolute atomic E-state index is 0. The van der Waals surface area contributed by atoms with Crippen LogP contribution in [0.5, 0.6) is 0 Å². The predicted molar refractivity (Wildman–Crippen MR) is 129 cm³/mol. The van der Waals surface area contributed by atoms with Crippen LogP contribution in [-0.2, 0) is 23.6 Å². The van der Waals surface area contributed by atoms with Crippen LogP contribution in [0, 0.1) is 0 Å². The first-order valence-corrected chi connectivity index (χ1v) is 11.0. The molecule has 0 saturated carbocycles. The summed E-state index contributed by atoms with van der Waals surface area (Å²) in [5, 5.41) is 0.437. The smallest absolute Gasteiger partial charge is 0.338 e. The van der Waals surface area contributed by atoms with E-state index in [1.165, 1.54) is 7.11 Å². The van der Waals surface area contributed by atoms with Crippen molar-refractivity contribution >= 4 is 47.4 Å². The number of alkyl halides is 1. The average Bonchev–Trinajstić information content (AvgIpc) is 3.10. The van der Waals surface area contributed by atoms with E-state index in [0.29, 0.717) is 22.8 Å². The summed E-state index contributed by atoms with van der Waals surface area (Å²) in [6.45, 7) is 2.69. The number of hydrogen-bond acceptors (Lipinski definition) is 4. The highest BCUT2D eigenvalue weighted by Gasteiger charge is 2.19. The molecule has 32 heavy (non-hydrogen) atoms. The Morgan fingerprint density at radius 2 is 1.72 bits per heavy atom. The number of halogens is 3. The average molecular weight is 496 g/mol. The summed E-state index contributed by atoms with van der Waals surface area (Å²) in [6, 6.07) is 13.9. The maximum atomic E-state index is 13.0. The number of ether oxygens (including phenoxy) is 1. The molecule has 0 fully saturated rings. The zero-order chi connectivity index (χ0) is 22.4. The van der Waals surface area contributed by atoms with Crippen LogP contribution in [0.2, 0.25) is 5.15 Å². The van der Waals surface area contributed by atoms with Gasteiger partial charge in [0, 0.05) is 24.1 Å². The van der Waals surface area contributed by atoms with Crippen molar-refractivity contribution in [2.45, 2.75) is 38.6 Å². The number of hydrogen-bond donors (Lipinski definition) is 0. The van der Waals surface area contributed by atoms with Gasteiger partial charge in [0.25, 0.3) is 0 Å². The lowest BCUT2D eigenvalue weighted by molar-refractivity contribution is 0.0597. The third kappa shape index (κ3) is 5.71. The number of rotatable bonds is 9. The van der Waals surface area contributed by atoms with Crippen LogP contribution in [0.25, 0.3) is 0 Å². The fraction of sp³-hybridized carbons (Fsp3) is 0.292. The first-order valence-electron chi connectivity index (χ1n) is 10.1. The number of carbonyl (C=O) groups excluding carboxylic acids is 2. The molecule has 0 N–H and O–H groups in total. The maximum absolute atomic E-state index is 13.0. The number of aromatic nitrogens is 2. The SMILES string of the molecule is CCCCc1nc(Cl)c(CCl)n1Cc1ccc(C(=O)c2ccccc2C(=O)OC)cc1.Cl. The summed E-state index contributed by atoms with van der Waals surface area (Å²) in [7, 11) is 1.30. The van der Waals surface area contributed by atoms with Gasteiger partial charge >= 0.3 is 5.97 Å². The summed E-state index contributed by atoms with van der Waals surface area (Å²) in [6.07, 6.45) is 2.90. The molecule has 5 nitrogen and oxygen atoms in total. The molecule has 0 saturated heterocycles. The summed E-state index contributed by atoms with van der Waals surface area (Å²) >= 11 is 12.4. The van der Waals surface area contributed by atoms with E-state index in [2.05, 4.69) is 11.9 Å². The number of benzene rings is 2. The molecule has 1 aromatic heterocycles. The van der Waals surface area contributed by atoms with Crippen molar-refractivity contribution in [1.29, 1.82) is 0 Å². The Hall–Kier alpha value is -2.34. The van der Waals surface area contributed by atoms with Crippen molar-refractivity contribution in [3.8, 4) is 0 Å². The summed E-state index contributed by atoms with van der Waals surface area (Å²) in [4.78, 5) is 29.4. The number of unbranched alkanes of at least 4 members (excludes halogenated alkanes) is 1. The molecule has 0 bridgehead atoms. The van der Waals surface area contributed by atoms with Crippen molar-refractivity contribution in [1.82, 2.24) is 9.55 Å². The van der Waals surface area contributed by atoms with Gasteiger partial charge < -0.3 is 9.30 Å². The van der Waals surface area contributed by atoms with E-state index in [1.54, 1.807) is 36.4 Å². The summed E-state index contributed by atoms with van der Waals surface area (Å²) in [5.74, 6) is 0.419. The van der Waals surface area contributed by atoms with Gasteiger partial charge in [0.1, 0.15) is 5.82 Å². The summed E-state index contributed by atoms with van der Waals surface area (Å²) in [5.41, 5.74) is 2.85. The standard InChI is InChI=1S/C24H24Cl2N2O3.ClH/c1-3-4-9-21-27-23(26)20(14-25)28(21)15-16-10-12-17(13-11-16)22(29)18-7-5-6-8-19(18)24(30)31-2;/h5-8,10-13H,3-4,9,14-15H2,1-2H3;1H. The van der Waals surface area contributed by atoms with Crippen LogP contribution in [0.1, 0.15) is 63.1 Å². The molecule has 0 aliphatic rings. The molecule has 0 amide bonds. The fourth-order valence-electron chi connectivity index (χ4n) is 3.41. The maximum Gasteiger partial charge on any atom is 0.338 e. The molecule has 3 rings (SSSR count). The molecule has 170 valence electrons. The van der Waals surface area contributed by atoms with Gasteiger partial charge in [-0.2, -0.15) is 0 Å². The third-order valence-corrected chi connectivity index (χ3v) is 5.67. The topological polar surface area (TPSA) is 61.2 Å². The number of carbonyl (C=O) groups is 2. The van der Waals surface area contributed by atoms with E-state index in [9.17, 15) is 9.59 Å². The highest BCUT2D eigenvalue weighted by Crippen LogP contribution is 2.23. The Morgan fingerprint density at radius 3 is 2.31 bits per heavy atom. The molecule has 0 aliphatic carbocycles. The molecule has 8 heteroatoms. The molecule has 1 heterocycles. The largest absolute Gasteiger partial charge is 0.465 e. The first kappa shape index (κ1) is 25.9. The van der Waals surface area contributed by atoms with E-state index < -0.39 is 5.97 Å². The highest BCUT2D eigenvalue weighted by molar-refractivity contribution is 6.31. The zero-order valence-corrected chi connectivity index (χ0v) is 20.3. The zero-order valence-electron chi connectivity index (χ0n) is 17.9. The minimum atomic E-state index is -0.536. The van der Waals surface area contributed by atoms with Gasteiger partial charge in [-0.15, -0.1) is 24.0 Å². The Kier molecular flexibility index (Phi) is 9.76. The highest BCUT2D eigenvalue weighted by atomic mass is 35.5. The molecule has 3 aromatic rings. The van der Waals surface area contributed by atoms with Gasteiger partial charge in [-0.1, -0.05) is 67.4 Å². The van der Waals surface area contributed by atoms with Crippen LogP contribution in [0.15, 0.2) is 48.5 Å². The van der Waals surface area contributed by atoms with Gasteiger partial charge in [0.2, 0.25) is 0 Å². The molecular weight excluding hydrogens is 471 g/mol. The number of aryl methyl sites for hydroxylation is 1. The normalized spacial score (nSPS) is 10.5. The monoisotopic (exact) mass is 494 g/mol. The number of ketones is 1. The fourth-order valence-corrected chi connectivity index (χ4v) is 4.02. The van der Waals surface area contributed by atoms with E-state index in [-0.39, 0.29) is 29.6 Å². The van der Waals surface area contributed by atoms with E-state index in [0.717, 1.165) is 36.3 Å². The van der Waals surface area contributed by atoms with Gasteiger partial charge in [0.15, 0.2) is 10.9 Å². The summed E-state index contributed by atoms with van der Waals surface area (Å²) < 4.78 is 6.84. The molecule has 2 aromatic carbocycles. The van der Waals surface area contributed by atoms with Gasteiger partial charge in [-0.3, -0.25) is 4.79 Å². The van der Waals surface area contributed by atoms with Crippen LogP contribution in [0.3, 0.4) is 0 Å². The number of methoxy groups -OCH3 is 1. The molecule has 0 atom stereocenters. The van der Waals surface area contributed by atoms with Gasteiger partial charge in [-0.25, -0.2) is 9.78 Å². The second-order valence-corrected chi connectivity index (χ2v) is 7.78. The minimum Gasteiger partial charge on any atom is -0.465 e. The van der Waals surface area contributed by atoms with Crippen molar-refractivity contribution in [2.75, 3.05) is 7.11 Å². The number of nitrogens with zero attached hydrogens (tertiary/aromatic N) is 2. The molecule has 0 unspecified atom stereocenters. The van der Waals surface area contributed by atoms with Gasteiger partial charge in [-0.05, 0) is 18.1 Å². The van der Waals surface area contributed by atoms with Crippen molar-refractivity contribution in [3.05, 3.63) is 87.5 Å². The molecule has 0 spiro atoms. The van der Waals surface area contributed by atoms with Crippen LogP contribution < -0.4 is 0 Å². The van der Waals surface area contributed by atoms with Crippen molar-refractivity contribution in [3.63, 3.8) is 0 Å². The lowest BCUT2D eigenvalue weighted by Crippen LogP contribution is -2.11. The van der Waals surface area contributed by atoms with Crippen LogP contribution >= 0.6 is 35.6 Å². The molecule has 0 aliphatic heterocycles. The van der Waals surface area contributed by atoms with E-state index >= 15 is 0 Å². The Morgan fingerprint density at radius 1 is 1.06 bits per heavy atom. The molecular formula is C24H25Cl3N2O3. The Balaban J connectivity index is 0.00000363. The predicted octanol–water partition coefficient (Wildman–Crippen LogP) is 6.11. The number of imidazole rings is 1. The lowest BCUT2D eigenvalue weighted by atomic mass is 9.97. The third-order valence-electron chi connectivity index (χ3n) is 5.12. The van der Waals surface area contributed by atoms with E-state index in [1.807, 2.05) is 16.7 Å². The van der Waals surface area contributed by atoms with Crippen molar-refractivity contribution < 1.29 is 14.3 Å². The molecule has 0 radical (unpaired) electrons. The van der Waals surface area contributed by atoms with E-state index in [4.69, 9.17) is 27.9 Å². The Labute approximate surface area is 204 Å². The quantitative estimate of drug-likeness (QED) is 0.204. The second-order valence-electron chi connectivity index (χ2n) is 7.15. The lowest BCUT2D eigenvalue weighted by Gasteiger charge is -2.12. The van der Waals surface area contributed by atoms with Crippen molar-refractivity contribution in [2.24, 2.45) is 0 Å². The van der Waals surface area contributed by atoms with Crippen LogP contribution in [0.4, 0.5) is 0 Å². The van der Waals surface area contributed by atoms with Crippen LogP contribution in [-0.4, -0.2) is 28.4 Å². The van der Waals surface area contributed by atoms with Gasteiger partial charge in [0.05, 0.1) is 24.2 Å². The second kappa shape index (κ2) is 12.0. The first-order chi connectivity index (χ1) is 15.0. The number of esters is 1.